The molecule has 1 unspecified atom stereocenters. The van der Waals surface area contributed by atoms with E-state index in [0.29, 0.717) is 18.7 Å². The Morgan fingerprint density at radius 3 is 3.00 bits per heavy atom. The van der Waals surface area contributed by atoms with Crippen molar-refractivity contribution in [3.8, 4) is 0 Å². The topological polar surface area (TPSA) is 70.6 Å². The van der Waals surface area contributed by atoms with Crippen LogP contribution in [0.3, 0.4) is 0 Å². The third-order valence-corrected chi connectivity index (χ3v) is 2.41. The summed E-state index contributed by atoms with van der Waals surface area (Å²) in [6.45, 7) is 0.883. The lowest BCUT2D eigenvalue weighted by atomic mass is 10.2. The Labute approximate surface area is 111 Å². The van der Waals surface area contributed by atoms with Gasteiger partial charge in [0.1, 0.15) is 5.82 Å². The third-order valence-electron chi connectivity index (χ3n) is 2.41. The number of anilines is 1. The van der Waals surface area contributed by atoms with Crippen molar-refractivity contribution in [1.82, 2.24) is 5.32 Å². The minimum absolute atomic E-state index is 0.107. The minimum Gasteiger partial charge on any atom is -0.391 e. The molecule has 1 atom stereocenters. The standard InChI is InChI=1S/C13H19FN2O3/c1-19-9-12(17)5-6-15-8-13(18)16-11-4-2-3-10(14)7-11/h2-4,7,12,15,17H,5-6,8-9H2,1H3,(H,16,18). The van der Waals surface area contributed by atoms with E-state index in [4.69, 9.17) is 4.74 Å². The van der Waals surface area contributed by atoms with Crippen molar-refractivity contribution in [2.24, 2.45) is 0 Å². The molecule has 0 aliphatic carbocycles. The number of halogens is 1. The fraction of sp³-hybridized carbons (Fsp3) is 0.462. The number of ether oxygens (including phenoxy) is 1. The molecule has 0 bridgehead atoms. The van der Waals surface area contributed by atoms with E-state index in [0.717, 1.165) is 0 Å². The highest BCUT2D eigenvalue weighted by Gasteiger charge is 2.05. The molecular weight excluding hydrogens is 251 g/mol. The van der Waals surface area contributed by atoms with Crippen molar-refractivity contribution >= 4 is 11.6 Å². The van der Waals surface area contributed by atoms with Gasteiger partial charge in [0.15, 0.2) is 0 Å². The van der Waals surface area contributed by atoms with E-state index in [2.05, 4.69) is 10.6 Å². The summed E-state index contributed by atoms with van der Waals surface area (Å²) in [6.07, 6.45) is -0.0371. The summed E-state index contributed by atoms with van der Waals surface area (Å²) in [5.41, 5.74) is 0.422. The molecule has 3 N–H and O–H groups in total. The van der Waals surface area contributed by atoms with Gasteiger partial charge >= 0.3 is 0 Å². The van der Waals surface area contributed by atoms with Crippen LogP contribution in [0, 0.1) is 5.82 Å². The number of rotatable bonds is 8. The molecule has 0 radical (unpaired) electrons. The van der Waals surface area contributed by atoms with Gasteiger partial charge in [0.2, 0.25) is 5.91 Å². The molecule has 0 fully saturated rings. The first-order valence-electron chi connectivity index (χ1n) is 6.05. The van der Waals surface area contributed by atoms with Crippen LogP contribution in [0.25, 0.3) is 0 Å². The number of carbonyl (C=O) groups is 1. The molecule has 0 aromatic heterocycles. The van der Waals surface area contributed by atoms with Gasteiger partial charge in [-0.15, -0.1) is 0 Å². The average molecular weight is 270 g/mol. The summed E-state index contributed by atoms with van der Waals surface area (Å²) < 4.78 is 17.7. The van der Waals surface area contributed by atoms with Crippen molar-refractivity contribution in [3.63, 3.8) is 0 Å². The summed E-state index contributed by atoms with van der Waals surface area (Å²) in [5.74, 6) is -0.653. The van der Waals surface area contributed by atoms with Crippen molar-refractivity contribution in [1.29, 1.82) is 0 Å². The lowest BCUT2D eigenvalue weighted by Crippen LogP contribution is -2.31. The van der Waals surface area contributed by atoms with Crippen LogP contribution in [0.2, 0.25) is 0 Å². The predicted molar refractivity (Wildman–Crippen MR) is 70.4 cm³/mol. The lowest BCUT2D eigenvalue weighted by Gasteiger charge is -2.10. The van der Waals surface area contributed by atoms with Crippen LogP contribution in [0.5, 0.6) is 0 Å². The molecule has 106 valence electrons. The van der Waals surface area contributed by atoms with E-state index in [-0.39, 0.29) is 19.1 Å². The number of carbonyl (C=O) groups excluding carboxylic acids is 1. The molecule has 1 aromatic rings. The molecule has 0 aliphatic heterocycles. The first kappa shape index (κ1) is 15.6. The second kappa shape index (κ2) is 8.58. The van der Waals surface area contributed by atoms with Crippen LogP contribution in [-0.2, 0) is 9.53 Å². The molecule has 1 aromatic carbocycles. The number of amides is 1. The second-order valence-corrected chi connectivity index (χ2v) is 4.13. The molecular formula is C13H19FN2O3. The van der Waals surface area contributed by atoms with Gasteiger partial charge < -0.3 is 20.5 Å². The zero-order valence-electron chi connectivity index (χ0n) is 10.9. The maximum Gasteiger partial charge on any atom is 0.238 e. The van der Waals surface area contributed by atoms with E-state index >= 15 is 0 Å². The Morgan fingerprint density at radius 2 is 2.32 bits per heavy atom. The fourth-order valence-electron chi connectivity index (χ4n) is 1.52. The highest BCUT2D eigenvalue weighted by Crippen LogP contribution is 2.08. The van der Waals surface area contributed by atoms with Gasteiger partial charge in [-0.1, -0.05) is 6.07 Å². The average Bonchev–Trinajstić information content (AvgIpc) is 2.35. The van der Waals surface area contributed by atoms with Crippen LogP contribution in [0.15, 0.2) is 24.3 Å². The number of aliphatic hydroxyl groups is 1. The van der Waals surface area contributed by atoms with E-state index < -0.39 is 11.9 Å². The number of hydrogen-bond acceptors (Lipinski definition) is 4. The lowest BCUT2D eigenvalue weighted by molar-refractivity contribution is -0.115. The second-order valence-electron chi connectivity index (χ2n) is 4.13. The Balaban J connectivity index is 2.18. The summed E-state index contributed by atoms with van der Waals surface area (Å²) in [6, 6.07) is 5.70. The maximum atomic E-state index is 12.9. The zero-order valence-corrected chi connectivity index (χ0v) is 10.9. The highest BCUT2D eigenvalue weighted by atomic mass is 19.1. The van der Waals surface area contributed by atoms with Gasteiger partial charge in [0.25, 0.3) is 0 Å². The highest BCUT2D eigenvalue weighted by molar-refractivity contribution is 5.92. The molecule has 0 saturated carbocycles. The minimum atomic E-state index is -0.538. The van der Waals surface area contributed by atoms with Gasteiger partial charge in [-0.25, -0.2) is 4.39 Å². The normalized spacial score (nSPS) is 12.2. The van der Waals surface area contributed by atoms with Crippen LogP contribution in [0.1, 0.15) is 6.42 Å². The molecule has 6 heteroatoms. The van der Waals surface area contributed by atoms with E-state index in [9.17, 15) is 14.3 Å². The molecule has 0 aliphatic rings. The summed E-state index contributed by atoms with van der Waals surface area (Å²) in [4.78, 5) is 11.5. The van der Waals surface area contributed by atoms with Gasteiger partial charge in [0, 0.05) is 12.8 Å². The maximum absolute atomic E-state index is 12.9. The quantitative estimate of drug-likeness (QED) is 0.610. The number of benzene rings is 1. The predicted octanol–water partition coefficient (Wildman–Crippen LogP) is 0.751. The zero-order chi connectivity index (χ0) is 14.1. The summed E-state index contributed by atoms with van der Waals surface area (Å²) >= 11 is 0. The first-order chi connectivity index (χ1) is 9.11. The Morgan fingerprint density at radius 1 is 1.53 bits per heavy atom. The third kappa shape index (κ3) is 6.85. The number of aliphatic hydroxyl groups excluding tert-OH is 1. The Kier molecular flexibility index (Phi) is 7.02. The van der Waals surface area contributed by atoms with Gasteiger partial charge in [0.05, 0.1) is 19.3 Å². The molecule has 0 heterocycles. The monoisotopic (exact) mass is 270 g/mol. The molecule has 0 spiro atoms. The summed E-state index contributed by atoms with van der Waals surface area (Å²) in [7, 11) is 1.52. The Hall–Kier alpha value is -1.50. The van der Waals surface area contributed by atoms with E-state index in [1.165, 1.54) is 25.3 Å². The van der Waals surface area contributed by atoms with Gasteiger partial charge in [-0.3, -0.25) is 4.79 Å². The molecule has 19 heavy (non-hydrogen) atoms. The molecule has 1 rings (SSSR count). The SMILES string of the molecule is COCC(O)CCNCC(=O)Nc1cccc(F)c1. The first-order valence-corrected chi connectivity index (χ1v) is 6.05. The molecule has 1 amide bonds. The number of hydrogen-bond donors (Lipinski definition) is 3. The van der Waals surface area contributed by atoms with Crippen molar-refractivity contribution in [3.05, 3.63) is 30.1 Å². The van der Waals surface area contributed by atoms with Crippen molar-refractivity contribution in [2.45, 2.75) is 12.5 Å². The largest absolute Gasteiger partial charge is 0.391 e. The van der Waals surface area contributed by atoms with Gasteiger partial charge in [-0.2, -0.15) is 0 Å². The Bertz CT molecular complexity index is 401. The van der Waals surface area contributed by atoms with Crippen LogP contribution in [0.4, 0.5) is 10.1 Å². The molecule has 5 nitrogen and oxygen atoms in total. The fourth-order valence-corrected chi connectivity index (χ4v) is 1.52. The number of nitrogens with one attached hydrogen (secondary N) is 2. The molecule has 0 saturated heterocycles. The van der Waals surface area contributed by atoms with Crippen LogP contribution >= 0.6 is 0 Å². The van der Waals surface area contributed by atoms with E-state index in [1.807, 2.05) is 0 Å². The van der Waals surface area contributed by atoms with Crippen molar-refractivity contribution < 1.29 is 19.0 Å². The van der Waals surface area contributed by atoms with Crippen molar-refractivity contribution in [2.75, 3.05) is 32.1 Å². The van der Waals surface area contributed by atoms with E-state index in [1.54, 1.807) is 6.07 Å². The number of methoxy groups -OCH3 is 1. The summed E-state index contributed by atoms with van der Waals surface area (Å²) in [5, 5.41) is 14.8. The smallest absolute Gasteiger partial charge is 0.238 e. The van der Waals surface area contributed by atoms with Gasteiger partial charge in [-0.05, 0) is 31.2 Å². The van der Waals surface area contributed by atoms with Crippen LogP contribution < -0.4 is 10.6 Å². The van der Waals surface area contributed by atoms with Crippen LogP contribution in [-0.4, -0.2) is 43.9 Å².